The SMILES string of the molecule is O=C1NC2(CCN([C@H]3CCC(F)(F)[C@@H]3O)CC2)CO1. The molecule has 0 aromatic rings. The summed E-state index contributed by atoms with van der Waals surface area (Å²) in [7, 11) is 0. The maximum Gasteiger partial charge on any atom is 0.407 e. The smallest absolute Gasteiger partial charge is 0.407 e. The molecule has 2 N–H and O–H groups in total. The minimum absolute atomic E-state index is 0.250. The monoisotopic (exact) mass is 276 g/mol. The van der Waals surface area contributed by atoms with Gasteiger partial charge in [-0.2, -0.15) is 0 Å². The zero-order valence-electron chi connectivity index (χ0n) is 10.6. The Morgan fingerprint density at radius 3 is 2.47 bits per heavy atom. The van der Waals surface area contributed by atoms with Crippen LogP contribution in [0.1, 0.15) is 25.7 Å². The minimum atomic E-state index is -2.97. The first kappa shape index (κ1) is 13.1. The molecule has 5 nitrogen and oxygen atoms in total. The van der Waals surface area contributed by atoms with Crippen LogP contribution in [0.25, 0.3) is 0 Å². The number of halogens is 2. The van der Waals surface area contributed by atoms with Gasteiger partial charge in [0.15, 0.2) is 0 Å². The summed E-state index contributed by atoms with van der Waals surface area (Å²) in [6, 6.07) is -0.467. The van der Waals surface area contributed by atoms with Crippen molar-refractivity contribution < 1.29 is 23.4 Å². The summed E-state index contributed by atoms with van der Waals surface area (Å²) in [6.45, 7) is 1.55. The predicted octanol–water partition coefficient (Wildman–Crippen LogP) is 0.719. The van der Waals surface area contributed by atoms with E-state index in [1.165, 1.54) is 0 Å². The Kier molecular flexibility index (Phi) is 2.94. The van der Waals surface area contributed by atoms with Gasteiger partial charge in [0.1, 0.15) is 12.7 Å². The molecule has 2 heterocycles. The standard InChI is InChI=1S/C12H18F2N2O3/c13-12(14)2-1-8(9(12)17)16-5-3-11(4-6-16)7-19-10(18)15-11/h8-9,17H,1-7H2,(H,15,18)/t8-,9+/m0/s1. The third-order valence-corrected chi connectivity index (χ3v) is 4.64. The lowest BCUT2D eigenvalue weighted by atomic mass is 9.88. The second kappa shape index (κ2) is 4.28. The average Bonchev–Trinajstić information content (AvgIpc) is 2.84. The summed E-state index contributed by atoms with van der Waals surface area (Å²) >= 11 is 0. The van der Waals surface area contributed by atoms with Gasteiger partial charge in [0.25, 0.3) is 5.92 Å². The highest BCUT2D eigenvalue weighted by atomic mass is 19.3. The van der Waals surface area contributed by atoms with E-state index in [-0.39, 0.29) is 12.0 Å². The van der Waals surface area contributed by atoms with E-state index in [1.54, 1.807) is 0 Å². The number of aliphatic hydroxyl groups excluding tert-OH is 1. The second-order valence-corrected chi connectivity index (χ2v) is 5.83. The van der Waals surface area contributed by atoms with Crippen molar-refractivity contribution >= 4 is 6.09 Å². The van der Waals surface area contributed by atoms with E-state index in [0.717, 1.165) is 0 Å². The van der Waals surface area contributed by atoms with E-state index in [0.29, 0.717) is 39.0 Å². The van der Waals surface area contributed by atoms with Gasteiger partial charge in [0.2, 0.25) is 0 Å². The largest absolute Gasteiger partial charge is 0.447 e. The van der Waals surface area contributed by atoms with Gasteiger partial charge in [-0.3, -0.25) is 4.90 Å². The first-order valence-corrected chi connectivity index (χ1v) is 6.67. The lowest BCUT2D eigenvalue weighted by Gasteiger charge is -2.41. The molecule has 3 rings (SSSR count). The highest BCUT2D eigenvalue weighted by Crippen LogP contribution is 2.39. The summed E-state index contributed by atoms with van der Waals surface area (Å²) in [5, 5.41) is 12.5. The van der Waals surface area contributed by atoms with Gasteiger partial charge in [-0.25, -0.2) is 13.6 Å². The predicted molar refractivity (Wildman–Crippen MR) is 62.0 cm³/mol. The van der Waals surface area contributed by atoms with Crippen LogP contribution in [0.4, 0.5) is 13.6 Å². The number of carbonyl (C=O) groups is 1. The van der Waals surface area contributed by atoms with Crippen LogP contribution in [0, 0.1) is 0 Å². The Morgan fingerprint density at radius 1 is 1.32 bits per heavy atom. The lowest BCUT2D eigenvalue weighted by Crippen LogP contribution is -2.56. The van der Waals surface area contributed by atoms with Crippen LogP contribution in [0.15, 0.2) is 0 Å². The second-order valence-electron chi connectivity index (χ2n) is 5.83. The highest BCUT2D eigenvalue weighted by Gasteiger charge is 2.52. The molecule has 1 aliphatic carbocycles. The van der Waals surface area contributed by atoms with Crippen molar-refractivity contribution in [2.24, 2.45) is 0 Å². The molecule has 2 atom stereocenters. The number of carbonyl (C=O) groups excluding carboxylic acids is 1. The quantitative estimate of drug-likeness (QED) is 0.741. The minimum Gasteiger partial charge on any atom is -0.447 e. The molecule has 2 saturated heterocycles. The molecule has 1 spiro atoms. The maximum atomic E-state index is 13.3. The van der Waals surface area contributed by atoms with Crippen molar-refractivity contribution in [3.8, 4) is 0 Å². The van der Waals surface area contributed by atoms with Gasteiger partial charge >= 0.3 is 6.09 Å². The third-order valence-electron chi connectivity index (χ3n) is 4.64. The van der Waals surface area contributed by atoms with Crippen LogP contribution in [0.2, 0.25) is 0 Å². The Balaban J connectivity index is 1.60. The summed E-state index contributed by atoms with van der Waals surface area (Å²) in [4.78, 5) is 13.0. The van der Waals surface area contributed by atoms with E-state index in [4.69, 9.17) is 4.74 Å². The summed E-state index contributed by atoms with van der Waals surface area (Å²) in [5.74, 6) is -2.97. The number of alkyl halides is 2. The number of rotatable bonds is 1. The van der Waals surface area contributed by atoms with E-state index < -0.39 is 24.2 Å². The first-order valence-electron chi connectivity index (χ1n) is 6.67. The Bertz CT molecular complexity index is 383. The molecule has 0 aromatic heterocycles. The van der Waals surface area contributed by atoms with E-state index in [1.807, 2.05) is 4.90 Å². The van der Waals surface area contributed by atoms with Crippen LogP contribution >= 0.6 is 0 Å². The fourth-order valence-electron chi connectivity index (χ4n) is 3.36. The molecule has 3 aliphatic rings. The molecular weight excluding hydrogens is 258 g/mol. The number of likely N-dealkylation sites (tertiary alicyclic amines) is 1. The Hall–Kier alpha value is -0.950. The lowest BCUT2D eigenvalue weighted by molar-refractivity contribution is -0.107. The van der Waals surface area contributed by atoms with Crippen LogP contribution in [0.5, 0.6) is 0 Å². The molecule has 0 aromatic carbocycles. The third kappa shape index (κ3) is 2.18. The number of amides is 1. The number of ether oxygens (including phenoxy) is 1. The molecule has 0 radical (unpaired) electrons. The number of nitrogens with zero attached hydrogens (tertiary/aromatic N) is 1. The molecule has 108 valence electrons. The zero-order valence-corrected chi connectivity index (χ0v) is 10.6. The summed E-state index contributed by atoms with van der Waals surface area (Å²) in [6.07, 6.45) is -0.553. The van der Waals surface area contributed by atoms with Crippen molar-refractivity contribution in [2.75, 3.05) is 19.7 Å². The maximum absolute atomic E-state index is 13.3. The van der Waals surface area contributed by atoms with Crippen molar-refractivity contribution in [2.45, 2.75) is 49.3 Å². The van der Waals surface area contributed by atoms with Gasteiger partial charge in [0.05, 0.1) is 5.54 Å². The van der Waals surface area contributed by atoms with Gasteiger partial charge in [0, 0.05) is 25.6 Å². The molecule has 7 heteroatoms. The van der Waals surface area contributed by atoms with Crippen LogP contribution in [-0.2, 0) is 4.74 Å². The number of aliphatic hydroxyl groups is 1. The van der Waals surface area contributed by atoms with Gasteiger partial charge < -0.3 is 15.2 Å². The molecule has 3 fully saturated rings. The topological polar surface area (TPSA) is 61.8 Å². The summed E-state index contributed by atoms with van der Waals surface area (Å²) in [5.41, 5.74) is -0.334. The summed E-state index contributed by atoms with van der Waals surface area (Å²) < 4.78 is 31.6. The van der Waals surface area contributed by atoms with Gasteiger partial charge in [-0.15, -0.1) is 0 Å². The molecule has 0 bridgehead atoms. The van der Waals surface area contributed by atoms with Crippen LogP contribution in [0.3, 0.4) is 0 Å². The van der Waals surface area contributed by atoms with Crippen LogP contribution in [-0.4, -0.2) is 59.4 Å². The van der Waals surface area contributed by atoms with E-state index in [2.05, 4.69) is 5.32 Å². The molecule has 1 saturated carbocycles. The first-order chi connectivity index (χ1) is 8.92. The molecular formula is C12H18F2N2O3. The van der Waals surface area contributed by atoms with Crippen LogP contribution < -0.4 is 5.32 Å². The number of alkyl carbamates (subject to hydrolysis) is 1. The van der Waals surface area contributed by atoms with Crippen molar-refractivity contribution in [3.05, 3.63) is 0 Å². The Morgan fingerprint density at radius 2 is 2.00 bits per heavy atom. The zero-order chi connectivity index (χ0) is 13.7. The molecule has 1 amide bonds. The Labute approximate surface area is 109 Å². The fraction of sp³-hybridized carbons (Fsp3) is 0.917. The number of cyclic esters (lactones) is 1. The van der Waals surface area contributed by atoms with Gasteiger partial charge in [-0.05, 0) is 19.3 Å². The van der Waals surface area contributed by atoms with Gasteiger partial charge in [-0.1, -0.05) is 0 Å². The number of hydrogen-bond acceptors (Lipinski definition) is 4. The van der Waals surface area contributed by atoms with E-state index in [9.17, 15) is 18.7 Å². The number of hydrogen-bond donors (Lipinski definition) is 2. The average molecular weight is 276 g/mol. The molecule has 0 unspecified atom stereocenters. The highest BCUT2D eigenvalue weighted by molar-refractivity contribution is 5.70. The molecule has 2 aliphatic heterocycles. The van der Waals surface area contributed by atoms with E-state index >= 15 is 0 Å². The van der Waals surface area contributed by atoms with Crippen molar-refractivity contribution in [1.82, 2.24) is 10.2 Å². The molecule has 19 heavy (non-hydrogen) atoms. The van der Waals surface area contributed by atoms with Crippen molar-refractivity contribution in [1.29, 1.82) is 0 Å². The fourth-order valence-corrected chi connectivity index (χ4v) is 3.36. The number of piperidine rings is 1. The number of nitrogens with one attached hydrogen (secondary N) is 1. The normalized spacial score (nSPS) is 37.3. The van der Waals surface area contributed by atoms with Crippen molar-refractivity contribution in [3.63, 3.8) is 0 Å².